The van der Waals surface area contributed by atoms with E-state index in [0.717, 1.165) is 5.56 Å². The lowest BCUT2D eigenvalue weighted by Gasteiger charge is -2.16. The molecule has 0 spiro atoms. The zero-order valence-electron chi connectivity index (χ0n) is 10.6. The number of benzene rings is 2. The van der Waals surface area contributed by atoms with Crippen molar-refractivity contribution in [3.63, 3.8) is 0 Å². The topological polar surface area (TPSA) is 46.3 Å². The lowest BCUT2D eigenvalue weighted by atomic mass is 10.0. The molecule has 1 amide bonds. The van der Waals surface area contributed by atoms with Gasteiger partial charge in [-0.15, -0.1) is 0 Å². The number of hydrogen-bond donors (Lipinski definition) is 1. The number of carbonyl (C=O) groups excluding carboxylic acids is 1. The Balaban J connectivity index is 2.14. The van der Waals surface area contributed by atoms with E-state index < -0.39 is 0 Å². The van der Waals surface area contributed by atoms with Crippen molar-refractivity contribution in [2.24, 2.45) is 5.73 Å². The Morgan fingerprint density at radius 2 is 1.89 bits per heavy atom. The summed E-state index contributed by atoms with van der Waals surface area (Å²) in [5, 5.41) is 2.37. The van der Waals surface area contributed by atoms with Gasteiger partial charge in [-0.3, -0.25) is 4.79 Å². The minimum Gasteiger partial charge on any atom is -0.344 e. The number of nitrogens with zero attached hydrogens (tertiary/aromatic N) is 1. The van der Waals surface area contributed by atoms with E-state index in [2.05, 4.69) is 24.3 Å². The summed E-state index contributed by atoms with van der Waals surface area (Å²) in [4.78, 5) is 13.6. The number of nitrogens with two attached hydrogens (primary N) is 1. The summed E-state index contributed by atoms with van der Waals surface area (Å²) >= 11 is 0. The fraction of sp³-hybridized carbons (Fsp3) is 0.267. The van der Waals surface area contributed by atoms with E-state index in [0.29, 0.717) is 19.5 Å². The van der Waals surface area contributed by atoms with Gasteiger partial charge in [-0.2, -0.15) is 0 Å². The Kier molecular flexibility index (Phi) is 3.95. The quantitative estimate of drug-likeness (QED) is 0.888. The molecule has 0 radical (unpaired) electrons. The van der Waals surface area contributed by atoms with Crippen molar-refractivity contribution in [2.45, 2.75) is 6.42 Å². The van der Waals surface area contributed by atoms with Gasteiger partial charge in [-0.1, -0.05) is 42.5 Å². The maximum absolute atomic E-state index is 11.9. The summed E-state index contributed by atoms with van der Waals surface area (Å²) < 4.78 is 0. The molecule has 0 atom stereocenters. The second kappa shape index (κ2) is 5.65. The SMILES string of the molecule is CN(CCN)C(=O)Cc1ccc2ccccc2c1. The predicted octanol–water partition coefficient (Wildman–Crippen LogP) is 1.80. The van der Waals surface area contributed by atoms with Gasteiger partial charge in [-0.05, 0) is 16.3 Å². The molecule has 2 N–H and O–H groups in total. The number of carbonyl (C=O) groups is 1. The smallest absolute Gasteiger partial charge is 0.226 e. The average Bonchev–Trinajstić information content (AvgIpc) is 2.39. The minimum absolute atomic E-state index is 0.107. The number of amides is 1. The van der Waals surface area contributed by atoms with Crippen LogP contribution in [-0.2, 0) is 11.2 Å². The molecule has 0 bridgehead atoms. The highest BCUT2D eigenvalue weighted by Crippen LogP contribution is 2.16. The van der Waals surface area contributed by atoms with Gasteiger partial charge in [0.2, 0.25) is 5.91 Å². The van der Waals surface area contributed by atoms with Crippen molar-refractivity contribution in [1.82, 2.24) is 4.90 Å². The van der Waals surface area contributed by atoms with Crippen LogP contribution >= 0.6 is 0 Å². The van der Waals surface area contributed by atoms with Crippen molar-refractivity contribution in [2.75, 3.05) is 20.1 Å². The highest BCUT2D eigenvalue weighted by atomic mass is 16.2. The summed E-state index contributed by atoms with van der Waals surface area (Å²) in [5.74, 6) is 0.107. The van der Waals surface area contributed by atoms with Gasteiger partial charge in [0.05, 0.1) is 6.42 Å². The summed E-state index contributed by atoms with van der Waals surface area (Å²) in [6.07, 6.45) is 0.432. The molecule has 2 aromatic carbocycles. The Morgan fingerprint density at radius 1 is 1.17 bits per heavy atom. The maximum atomic E-state index is 11.9. The molecule has 0 aliphatic rings. The van der Waals surface area contributed by atoms with Crippen molar-refractivity contribution in [3.8, 4) is 0 Å². The van der Waals surface area contributed by atoms with Gasteiger partial charge < -0.3 is 10.6 Å². The molecule has 0 fully saturated rings. The van der Waals surface area contributed by atoms with E-state index in [1.165, 1.54) is 10.8 Å². The van der Waals surface area contributed by atoms with Crippen LogP contribution in [0.1, 0.15) is 5.56 Å². The first-order chi connectivity index (χ1) is 8.70. The summed E-state index contributed by atoms with van der Waals surface area (Å²) in [5.41, 5.74) is 6.49. The molecular weight excluding hydrogens is 224 g/mol. The van der Waals surface area contributed by atoms with Crippen molar-refractivity contribution in [3.05, 3.63) is 48.0 Å². The normalized spacial score (nSPS) is 10.6. The average molecular weight is 242 g/mol. The molecule has 0 unspecified atom stereocenters. The molecule has 2 rings (SSSR count). The Hall–Kier alpha value is -1.87. The zero-order chi connectivity index (χ0) is 13.0. The fourth-order valence-electron chi connectivity index (χ4n) is 1.98. The summed E-state index contributed by atoms with van der Waals surface area (Å²) in [6, 6.07) is 14.3. The third-order valence-electron chi connectivity index (χ3n) is 3.06. The van der Waals surface area contributed by atoms with Crippen LogP contribution in [0.25, 0.3) is 10.8 Å². The molecule has 94 valence electrons. The van der Waals surface area contributed by atoms with Crippen LogP contribution in [0.4, 0.5) is 0 Å². The third-order valence-corrected chi connectivity index (χ3v) is 3.06. The predicted molar refractivity (Wildman–Crippen MR) is 74.3 cm³/mol. The first kappa shape index (κ1) is 12.6. The largest absolute Gasteiger partial charge is 0.344 e. The van der Waals surface area contributed by atoms with Crippen LogP contribution in [0.2, 0.25) is 0 Å². The van der Waals surface area contributed by atoms with Crippen LogP contribution in [0, 0.1) is 0 Å². The molecule has 3 nitrogen and oxygen atoms in total. The third kappa shape index (κ3) is 2.87. The zero-order valence-corrected chi connectivity index (χ0v) is 10.6. The molecule has 0 heterocycles. The fourth-order valence-corrected chi connectivity index (χ4v) is 1.98. The standard InChI is InChI=1S/C15H18N2O/c1-17(9-8-16)15(18)11-12-6-7-13-4-2-3-5-14(13)10-12/h2-7,10H,8-9,11,16H2,1H3. The molecule has 0 aromatic heterocycles. The van der Waals surface area contributed by atoms with E-state index in [9.17, 15) is 4.79 Å². The van der Waals surface area contributed by atoms with E-state index in [4.69, 9.17) is 5.73 Å². The highest BCUT2D eigenvalue weighted by molar-refractivity contribution is 5.85. The second-order valence-corrected chi connectivity index (χ2v) is 4.46. The van der Waals surface area contributed by atoms with E-state index in [1.807, 2.05) is 18.2 Å². The number of fused-ring (bicyclic) bond motifs is 1. The molecule has 18 heavy (non-hydrogen) atoms. The van der Waals surface area contributed by atoms with Crippen LogP contribution < -0.4 is 5.73 Å². The van der Waals surface area contributed by atoms with Gasteiger partial charge in [0, 0.05) is 20.1 Å². The van der Waals surface area contributed by atoms with E-state index >= 15 is 0 Å². The molecule has 2 aromatic rings. The van der Waals surface area contributed by atoms with Crippen LogP contribution in [0.15, 0.2) is 42.5 Å². The number of rotatable bonds is 4. The lowest BCUT2D eigenvalue weighted by molar-refractivity contribution is -0.129. The van der Waals surface area contributed by atoms with Gasteiger partial charge in [0.15, 0.2) is 0 Å². The first-order valence-electron chi connectivity index (χ1n) is 6.12. The number of likely N-dealkylation sites (N-methyl/N-ethyl adjacent to an activating group) is 1. The van der Waals surface area contributed by atoms with Crippen LogP contribution in [0.3, 0.4) is 0 Å². The van der Waals surface area contributed by atoms with Gasteiger partial charge in [0.1, 0.15) is 0 Å². The van der Waals surface area contributed by atoms with Crippen LogP contribution in [-0.4, -0.2) is 30.9 Å². The van der Waals surface area contributed by atoms with E-state index in [-0.39, 0.29) is 5.91 Å². The van der Waals surface area contributed by atoms with Crippen LogP contribution in [0.5, 0.6) is 0 Å². The Morgan fingerprint density at radius 3 is 2.61 bits per heavy atom. The molecule has 0 aliphatic heterocycles. The molecule has 3 heteroatoms. The first-order valence-corrected chi connectivity index (χ1v) is 6.12. The Bertz CT molecular complexity index is 551. The molecule has 0 aliphatic carbocycles. The molecular formula is C15H18N2O. The molecule has 0 saturated heterocycles. The maximum Gasteiger partial charge on any atom is 0.226 e. The van der Waals surface area contributed by atoms with Gasteiger partial charge in [-0.25, -0.2) is 0 Å². The van der Waals surface area contributed by atoms with E-state index in [1.54, 1.807) is 11.9 Å². The second-order valence-electron chi connectivity index (χ2n) is 4.46. The minimum atomic E-state index is 0.107. The number of hydrogen-bond acceptors (Lipinski definition) is 2. The highest BCUT2D eigenvalue weighted by Gasteiger charge is 2.08. The summed E-state index contributed by atoms with van der Waals surface area (Å²) in [6.45, 7) is 1.10. The lowest BCUT2D eigenvalue weighted by Crippen LogP contribution is -2.32. The molecule has 0 saturated carbocycles. The van der Waals surface area contributed by atoms with Crippen molar-refractivity contribution >= 4 is 16.7 Å². The monoisotopic (exact) mass is 242 g/mol. The van der Waals surface area contributed by atoms with Gasteiger partial charge >= 0.3 is 0 Å². The van der Waals surface area contributed by atoms with Crippen molar-refractivity contribution < 1.29 is 4.79 Å². The van der Waals surface area contributed by atoms with Gasteiger partial charge in [0.25, 0.3) is 0 Å². The Labute approximate surface area is 107 Å². The van der Waals surface area contributed by atoms with Crippen molar-refractivity contribution in [1.29, 1.82) is 0 Å². The summed E-state index contributed by atoms with van der Waals surface area (Å²) in [7, 11) is 1.79.